The Hall–Kier alpha value is -3.61. The first kappa shape index (κ1) is 16.8. The third kappa shape index (κ3) is 3.15. The SMILES string of the molecule is Cc1cc2nc(-c3[nH]ncc3N(Cc3ccccc3)C(N)=O)[nH]c2cc1C. The van der Waals surface area contributed by atoms with E-state index < -0.39 is 6.03 Å². The zero-order valence-electron chi connectivity index (χ0n) is 15.2. The number of aromatic amines is 2. The molecule has 0 bridgehead atoms. The van der Waals surface area contributed by atoms with Crippen molar-refractivity contribution in [3.63, 3.8) is 0 Å². The number of benzene rings is 2. The molecule has 0 fully saturated rings. The maximum absolute atomic E-state index is 12.1. The summed E-state index contributed by atoms with van der Waals surface area (Å²) < 4.78 is 0. The first-order chi connectivity index (χ1) is 13.0. The summed E-state index contributed by atoms with van der Waals surface area (Å²) in [5, 5.41) is 7.05. The molecule has 2 amide bonds. The number of urea groups is 1. The van der Waals surface area contributed by atoms with Gasteiger partial charge in [0.25, 0.3) is 0 Å². The number of hydrogen-bond donors (Lipinski definition) is 3. The molecule has 2 aromatic carbocycles. The molecule has 0 radical (unpaired) electrons. The minimum absolute atomic E-state index is 0.348. The van der Waals surface area contributed by atoms with Gasteiger partial charge in [0.15, 0.2) is 5.82 Å². The first-order valence-corrected chi connectivity index (χ1v) is 8.64. The number of carbonyl (C=O) groups is 1. The van der Waals surface area contributed by atoms with Crippen LogP contribution in [0.1, 0.15) is 16.7 Å². The third-order valence-corrected chi connectivity index (χ3v) is 4.69. The lowest BCUT2D eigenvalue weighted by Crippen LogP contribution is -2.35. The van der Waals surface area contributed by atoms with E-state index in [0.29, 0.717) is 23.8 Å². The van der Waals surface area contributed by atoms with Crippen LogP contribution in [0, 0.1) is 13.8 Å². The van der Waals surface area contributed by atoms with Crippen LogP contribution >= 0.6 is 0 Å². The highest BCUT2D eigenvalue weighted by Crippen LogP contribution is 2.30. The molecule has 2 heterocycles. The summed E-state index contributed by atoms with van der Waals surface area (Å²) >= 11 is 0. The van der Waals surface area contributed by atoms with Crippen LogP contribution in [0.15, 0.2) is 48.7 Å². The van der Waals surface area contributed by atoms with Gasteiger partial charge < -0.3 is 10.7 Å². The number of anilines is 1. The third-order valence-electron chi connectivity index (χ3n) is 4.69. The molecule has 136 valence electrons. The molecule has 0 unspecified atom stereocenters. The Kier molecular flexibility index (Phi) is 4.12. The number of imidazole rings is 1. The van der Waals surface area contributed by atoms with Crippen molar-refractivity contribution in [1.29, 1.82) is 0 Å². The summed E-state index contributed by atoms with van der Waals surface area (Å²) in [5.74, 6) is 0.613. The second-order valence-corrected chi connectivity index (χ2v) is 6.58. The van der Waals surface area contributed by atoms with Gasteiger partial charge in [0.2, 0.25) is 0 Å². The van der Waals surface area contributed by atoms with E-state index >= 15 is 0 Å². The second-order valence-electron chi connectivity index (χ2n) is 6.58. The topological polar surface area (TPSA) is 104 Å². The maximum atomic E-state index is 12.1. The summed E-state index contributed by atoms with van der Waals surface area (Å²) in [6.07, 6.45) is 1.59. The summed E-state index contributed by atoms with van der Waals surface area (Å²) in [6.45, 7) is 4.46. The quantitative estimate of drug-likeness (QED) is 0.517. The number of carbonyl (C=O) groups excluding carboxylic acids is 1. The van der Waals surface area contributed by atoms with Gasteiger partial charge in [-0.2, -0.15) is 5.10 Å². The summed E-state index contributed by atoms with van der Waals surface area (Å²) in [7, 11) is 0. The number of aryl methyl sites for hydroxylation is 2. The van der Waals surface area contributed by atoms with Crippen molar-refractivity contribution < 1.29 is 4.79 Å². The van der Waals surface area contributed by atoms with Crippen LogP contribution in [0.4, 0.5) is 10.5 Å². The zero-order chi connectivity index (χ0) is 19.0. The van der Waals surface area contributed by atoms with Crippen molar-refractivity contribution in [3.05, 3.63) is 65.4 Å². The van der Waals surface area contributed by atoms with Gasteiger partial charge in [0, 0.05) is 0 Å². The highest BCUT2D eigenvalue weighted by Gasteiger charge is 2.21. The zero-order valence-corrected chi connectivity index (χ0v) is 15.2. The minimum Gasteiger partial charge on any atom is -0.351 e. The van der Waals surface area contributed by atoms with Crippen molar-refractivity contribution >= 4 is 22.8 Å². The Bertz CT molecular complexity index is 1070. The number of amides is 2. The Morgan fingerprint density at radius 1 is 1.15 bits per heavy atom. The molecule has 0 saturated heterocycles. The molecule has 0 spiro atoms. The van der Waals surface area contributed by atoms with Crippen LogP contribution in [-0.4, -0.2) is 26.2 Å². The summed E-state index contributed by atoms with van der Waals surface area (Å²) in [4.78, 5) is 21.6. The summed E-state index contributed by atoms with van der Waals surface area (Å²) in [5.41, 5.74) is 12.0. The standard InChI is InChI=1S/C20H20N6O/c1-12-8-15-16(9-13(12)2)24-19(23-15)18-17(10-22-25-18)26(20(21)27)11-14-6-4-3-5-7-14/h3-10H,11H2,1-2H3,(H2,21,27)(H,22,25)(H,23,24). The molecule has 0 aliphatic rings. The van der Waals surface area contributed by atoms with Gasteiger partial charge in [-0.15, -0.1) is 0 Å². The molecule has 0 aliphatic heterocycles. The highest BCUT2D eigenvalue weighted by atomic mass is 16.2. The fraction of sp³-hybridized carbons (Fsp3) is 0.150. The lowest BCUT2D eigenvalue weighted by molar-refractivity contribution is 0.253. The Morgan fingerprint density at radius 3 is 2.63 bits per heavy atom. The largest absolute Gasteiger partial charge is 0.351 e. The van der Waals surface area contributed by atoms with E-state index in [1.165, 1.54) is 16.0 Å². The van der Waals surface area contributed by atoms with E-state index in [1.54, 1.807) is 6.20 Å². The van der Waals surface area contributed by atoms with Crippen LogP contribution in [0.5, 0.6) is 0 Å². The number of hydrogen-bond acceptors (Lipinski definition) is 3. The number of H-pyrrole nitrogens is 2. The molecule has 0 atom stereocenters. The van der Waals surface area contributed by atoms with Crippen LogP contribution in [-0.2, 0) is 6.54 Å². The van der Waals surface area contributed by atoms with Gasteiger partial charge in [-0.3, -0.25) is 10.00 Å². The molecule has 4 aromatic rings. The van der Waals surface area contributed by atoms with E-state index in [4.69, 9.17) is 5.73 Å². The average molecular weight is 360 g/mol. The second kappa shape index (κ2) is 6.60. The van der Waals surface area contributed by atoms with Gasteiger partial charge in [-0.25, -0.2) is 9.78 Å². The molecule has 2 aromatic heterocycles. The molecule has 7 heteroatoms. The molecule has 0 saturated carbocycles. The van der Waals surface area contributed by atoms with E-state index in [1.807, 2.05) is 36.4 Å². The maximum Gasteiger partial charge on any atom is 0.319 e. The number of aromatic nitrogens is 4. The van der Waals surface area contributed by atoms with E-state index in [0.717, 1.165) is 16.6 Å². The molecular weight excluding hydrogens is 340 g/mol. The number of primary amides is 1. The van der Waals surface area contributed by atoms with Crippen molar-refractivity contribution in [2.75, 3.05) is 4.90 Å². The van der Waals surface area contributed by atoms with E-state index in [-0.39, 0.29) is 0 Å². The lowest BCUT2D eigenvalue weighted by Gasteiger charge is -2.19. The van der Waals surface area contributed by atoms with Crippen molar-refractivity contribution in [2.24, 2.45) is 5.73 Å². The Labute approximate surface area is 156 Å². The molecular formula is C20H20N6O. The predicted molar refractivity (Wildman–Crippen MR) is 105 cm³/mol. The van der Waals surface area contributed by atoms with Crippen molar-refractivity contribution in [2.45, 2.75) is 20.4 Å². The van der Waals surface area contributed by atoms with Crippen LogP contribution in [0.25, 0.3) is 22.6 Å². The number of fused-ring (bicyclic) bond motifs is 1. The Balaban J connectivity index is 1.76. The van der Waals surface area contributed by atoms with Gasteiger partial charge in [-0.05, 0) is 42.7 Å². The predicted octanol–water partition coefficient (Wildman–Crippen LogP) is 3.66. The van der Waals surface area contributed by atoms with Gasteiger partial charge >= 0.3 is 6.03 Å². The lowest BCUT2D eigenvalue weighted by atomic mass is 10.1. The van der Waals surface area contributed by atoms with Crippen molar-refractivity contribution in [1.82, 2.24) is 20.2 Å². The Morgan fingerprint density at radius 2 is 1.89 bits per heavy atom. The van der Waals surface area contributed by atoms with Gasteiger partial charge in [-0.1, -0.05) is 30.3 Å². The smallest absolute Gasteiger partial charge is 0.319 e. The molecule has 4 N–H and O–H groups in total. The normalized spacial score (nSPS) is 11.0. The van der Waals surface area contributed by atoms with Crippen molar-refractivity contribution in [3.8, 4) is 11.5 Å². The fourth-order valence-corrected chi connectivity index (χ4v) is 3.09. The number of nitrogens with two attached hydrogens (primary N) is 1. The number of nitrogens with zero attached hydrogens (tertiary/aromatic N) is 3. The van der Waals surface area contributed by atoms with Gasteiger partial charge in [0.05, 0.1) is 29.5 Å². The number of rotatable bonds is 4. The molecule has 27 heavy (non-hydrogen) atoms. The molecule has 0 aliphatic carbocycles. The van der Waals surface area contributed by atoms with Gasteiger partial charge in [0.1, 0.15) is 5.69 Å². The summed E-state index contributed by atoms with van der Waals surface area (Å²) in [6, 6.07) is 13.2. The highest BCUT2D eigenvalue weighted by molar-refractivity contribution is 5.94. The van der Waals surface area contributed by atoms with Crippen LogP contribution in [0.2, 0.25) is 0 Å². The molecule has 4 rings (SSSR count). The van der Waals surface area contributed by atoms with Crippen LogP contribution in [0.3, 0.4) is 0 Å². The van der Waals surface area contributed by atoms with Crippen LogP contribution < -0.4 is 10.6 Å². The average Bonchev–Trinajstić information content (AvgIpc) is 3.27. The fourth-order valence-electron chi connectivity index (χ4n) is 3.09. The minimum atomic E-state index is -0.552. The monoisotopic (exact) mass is 360 g/mol. The van der Waals surface area contributed by atoms with E-state index in [2.05, 4.69) is 40.1 Å². The molecule has 7 nitrogen and oxygen atoms in total. The van der Waals surface area contributed by atoms with E-state index in [9.17, 15) is 4.79 Å². The first-order valence-electron chi connectivity index (χ1n) is 8.64. The number of nitrogens with one attached hydrogen (secondary N) is 2.